The third-order valence-electron chi connectivity index (χ3n) is 3.89. The van der Waals surface area contributed by atoms with E-state index in [1.807, 2.05) is 0 Å². The number of rotatable bonds is 5. The smallest absolute Gasteiger partial charge is 0.336 e. The second-order valence-corrected chi connectivity index (χ2v) is 5.93. The summed E-state index contributed by atoms with van der Waals surface area (Å²) in [5.74, 6) is 0.362. The number of ether oxygens (including phenoxy) is 2. The Bertz CT molecular complexity index is 1070. The summed E-state index contributed by atoms with van der Waals surface area (Å²) >= 11 is 0. The van der Waals surface area contributed by atoms with Crippen LogP contribution < -0.4 is 25.7 Å². The van der Waals surface area contributed by atoms with E-state index in [0.29, 0.717) is 22.8 Å². The molecule has 0 aliphatic carbocycles. The van der Waals surface area contributed by atoms with Gasteiger partial charge in [0.25, 0.3) is 5.91 Å². The van der Waals surface area contributed by atoms with Crippen molar-refractivity contribution in [3.8, 4) is 11.5 Å². The number of amides is 3. The summed E-state index contributed by atoms with van der Waals surface area (Å²) in [5.41, 5.74) is 1.19. The number of hydrogen-bond donors (Lipinski definition) is 2. The van der Waals surface area contributed by atoms with Gasteiger partial charge in [0.1, 0.15) is 17.1 Å². The van der Waals surface area contributed by atoms with Crippen LogP contribution in [0.5, 0.6) is 11.5 Å². The Kier molecular flexibility index (Phi) is 5.59. The first-order valence-corrected chi connectivity index (χ1v) is 8.37. The molecule has 0 saturated heterocycles. The lowest BCUT2D eigenvalue weighted by Crippen LogP contribution is -2.37. The zero-order chi connectivity index (χ0) is 20.1. The van der Waals surface area contributed by atoms with Crippen molar-refractivity contribution in [1.82, 2.24) is 5.32 Å². The molecular weight excluding hydrogens is 364 g/mol. The quantitative estimate of drug-likeness (QED) is 0.657. The molecular formula is C20H18N2O6. The van der Waals surface area contributed by atoms with Gasteiger partial charge >= 0.3 is 11.7 Å². The van der Waals surface area contributed by atoms with Gasteiger partial charge in [-0.15, -0.1) is 0 Å². The van der Waals surface area contributed by atoms with Crippen molar-refractivity contribution in [3.05, 3.63) is 64.5 Å². The molecule has 0 saturated carbocycles. The number of benzene rings is 2. The number of nitrogens with one attached hydrogen (secondary N) is 2. The number of imide groups is 1. The summed E-state index contributed by atoms with van der Waals surface area (Å²) in [6.07, 6.45) is 0. The number of aryl methyl sites for hydroxylation is 1. The van der Waals surface area contributed by atoms with E-state index < -0.39 is 17.6 Å². The molecule has 144 valence electrons. The fraction of sp³-hybridized carbons (Fsp3) is 0.150. The fourth-order valence-corrected chi connectivity index (χ4v) is 2.54. The van der Waals surface area contributed by atoms with Gasteiger partial charge in [-0.05, 0) is 48.9 Å². The van der Waals surface area contributed by atoms with E-state index in [9.17, 15) is 14.4 Å². The normalized spacial score (nSPS) is 10.4. The Morgan fingerprint density at radius 3 is 2.46 bits per heavy atom. The van der Waals surface area contributed by atoms with E-state index in [0.717, 1.165) is 10.9 Å². The average molecular weight is 382 g/mol. The second kappa shape index (κ2) is 8.26. The minimum absolute atomic E-state index is 0.340. The van der Waals surface area contributed by atoms with Crippen molar-refractivity contribution < 1.29 is 23.5 Å². The van der Waals surface area contributed by atoms with Crippen LogP contribution in [0, 0.1) is 6.92 Å². The average Bonchev–Trinajstić information content (AvgIpc) is 2.66. The highest BCUT2D eigenvalue weighted by Gasteiger charge is 2.10. The molecule has 28 heavy (non-hydrogen) atoms. The zero-order valence-electron chi connectivity index (χ0n) is 15.3. The molecule has 2 aromatic carbocycles. The standard InChI is InChI=1S/C20H18N2O6/c1-12-9-19(24)28-17-10-15(7-8-16(12)17)27-11-18(23)22-20(25)21-13-3-5-14(26-2)6-4-13/h3-10H,11H2,1-2H3,(H2,21,22,23,25). The van der Waals surface area contributed by atoms with Gasteiger partial charge in [0, 0.05) is 23.2 Å². The highest BCUT2D eigenvalue weighted by Crippen LogP contribution is 2.22. The third-order valence-corrected chi connectivity index (χ3v) is 3.89. The van der Waals surface area contributed by atoms with Gasteiger partial charge in [-0.25, -0.2) is 9.59 Å². The van der Waals surface area contributed by atoms with E-state index in [1.54, 1.807) is 43.3 Å². The zero-order valence-corrected chi connectivity index (χ0v) is 15.3. The van der Waals surface area contributed by atoms with Crippen molar-refractivity contribution in [2.75, 3.05) is 19.0 Å². The van der Waals surface area contributed by atoms with Crippen LogP contribution in [0.1, 0.15) is 5.56 Å². The largest absolute Gasteiger partial charge is 0.497 e. The van der Waals surface area contributed by atoms with Crippen LogP contribution >= 0.6 is 0 Å². The number of anilines is 1. The van der Waals surface area contributed by atoms with Crippen LogP contribution in [0.4, 0.5) is 10.5 Å². The first-order valence-electron chi connectivity index (χ1n) is 8.37. The second-order valence-electron chi connectivity index (χ2n) is 5.93. The van der Waals surface area contributed by atoms with Crippen LogP contribution in [0.25, 0.3) is 11.0 Å². The molecule has 3 amide bonds. The predicted molar refractivity (Wildman–Crippen MR) is 103 cm³/mol. The number of carbonyl (C=O) groups excluding carboxylic acids is 2. The van der Waals surface area contributed by atoms with Crippen LogP contribution in [0.15, 0.2) is 57.7 Å². The van der Waals surface area contributed by atoms with Crippen molar-refractivity contribution in [3.63, 3.8) is 0 Å². The van der Waals surface area contributed by atoms with Crippen molar-refractivity contribution in [1.29, 1.82) is 0 Å². The maximum atomic E-state index is 11.9. The highest BCUT2D eigenvalue weighted by molar-refractivity contribution is 6.01. The monoisotopic (exact) mass is 382 g/mol. The maximum absolute atomic E-state index is 11.9. The number of urea groups is 1. The van der Waals surface area contributed by atoms with E-state index in [4.69, 9.17) is 13.9 Å². The summed E-state index contributed by atoms with van der Waals surface area (Å²) in [6, 6.07) is 12.3. The van der Waals surface area contributed by atoms with Crippen molar-refractivity contribution in [2.24, 2.45) is 0 Å². The SMILES string of the molecule is COc1ccc(NC(=O)NC(=O)COc2ccc3c(C)cc(=O)oc3c2)cc1. The van der Waals surface area contributed by atoms with E-state index in [2.05, 4.69) is 10.6 Å². The molecule has 0 atom stereocenters. The molecule has 0 spiro atoms. The molecule has 0 fully saturated rings. The summed E-state index contributed by atoms with van der Waals surface area (Å²) in [4.78, 5) is 35.2. The molecule has 3 rings (SSSR count). The van der Waals surface area contributed by atoms with Gasteiger partial charge in [-0.1, -0.05) is 0 Å². The van der Waals surface area contributed by atoms with Crippen molar-refractivity contribution in [2.45, 2.75) is 6.92 Å². The molecule has 2 N–H and O–H groups in total. The molecule has 0 bridgehead atoms. The minimum atomic E-state index is -0.682. The van der Waals surface area contributed by atoms with E-state index >= 15 is 0 Å². The first-order chi connectivity index (χ1) is 13.4. The summed E-state index contributed by atoms with van der Waals surface area (Å²) in [6.45, 7) is 1.42. The molecule has 1 aromatic heterocycles. The maximum Gasteiger partial charge on any atom is 0.336 e. The molecule has 8 nitrogen and oxygen atoms in total. The van der Waals surface area contributed by atoms with Gasteiger partial charge in [-0.2, -0.15) is 0 Å². The Labute approximate surface area is 160 Å². The fourth-order valence-electron chi connectivity index (χ4n) is 2.54. The minimum Gasteiger partial charge on any atom is -0.497 e. The lowest BCUT2D eigenvalue weighted by molar-refractivity contribution is -0.121. The van der Waals surface area contributed by atoms with Gasteiger partial charge < -0.3 is 19.2 Å². The van der Waals surface area contributed by atoms with Gasteiger partial charge in [-0.3, -0.25) is 10.1 Å². The molecule has 1 heterocycles. The lowest BCUT2D eigenvalue weighted by atomic mass is 10.1. The summed E-state index contributed by atoms with van der Waals surface area (Å²) in [7, 11) is 1.54. The van der Waals surface area contributed by atoms with Crippen LogP contribution in [-0.4, -0.2) is 25.7 Å². The van der Waals surface area contributed by atoms with Crippen molar-refractivity contribution >= 4 is 28.6 Å². The Morgan fingerprint density at radius 1 is 1.04 bits per heavy atom. The van der Waals surface area contributed by atoms with Gasteiger partial charge in [0.05, 0.1) is 7.11 Å². The molecule has 0 radical (unpaired) electrons. The van der Waals surface area contributed by atoms with E-state index in [-0.39, 0.29) is 6.61 Å². The topological polar surface area (TPSA) is 107 Å². The molecule has 3 aromatic rings. The van der Waals surface area contributed by atoms with Gasteiger partial charge in [0.15, 0.2) is 6.61 Å². The van der Waals surface area contributed by atoms with Crippen LogP contribution in [0.2, 0.25) is 0 Å². The molecule has 0 aliphatic heterocycles. The Morgan fingerprint density at radius 2 is 1.75 bits per heavy atom. The number of fused-ring (bicyclic) bond motifs is 1. The molecule has 0 unspecified atom stereocenters. The van der Waals surface area contributed by atoms with Crippen LogP contribution in [0.3, 0.4) is 0 Å². The number of methoxy groups -OCH3 is 1. The number of hydrogen-bond acceptors (Lipinski definition) is 6. The van der Waals surface area contributed by atoms with Crippen LogP contribution in [-0.2, 0) is 4.79 Å². The summed E-state index contributed by atoms with van der Waals surface area (Å²) < 4.78 is 15.5. The summed E-state index contributed by atoms with van der Waals surface area (Å²) in [5, 5.41) is 5.46. The molecule has 0 aliphatic rings. The number of carbonyl (C=O) groups is 2. The predicted octanol–water partition coefficient (Wildman–Crippen LogP) is 2.84. The Hall–Kier alpha value is -3.81. The first kappa shape index (κ1) is 19.0. The van der Waals surface area contributed by atoms with Gasteiger partial charge in [0.2, 0.25) is 0 Å². The van der Waals surface area contributed by atoms with E-state index in [1.165, 1.54) is 19.2 Å². The molecule has 8 heteroatoms. The highest BCUT2D eigenvalue weighted by atomic mass is 16.5. The lowest BCUT2D eigenvalue weighted by Gasteiger charge is -2.09. The third kappa shape index (κ3) is 4.67. The Balaban J connectivity index is 1.55.